The van der Waals surface area contributed by atoms with Crippen LogP contribution in [0.4, 0.5) is 0 Å². The predicted octanol–water partition coefficient (Wildman–Crippen LogP) is 2.51. The molecule has 2 unspecified atom stereocenters. The number of rotatable bonds is 3. The van der Waals surface area contributed by atoms with Crippen molar-refractivity contribution in [1.29, 1.82) is 0 Å². The molecule has 0 aromatic rings. The highest BCUT2D eigenvalue weighted by atomic mass is 35.5. The van der Waals surface area contributed by atoms with Crippen LogP contribution in [0, 0.1) is 28.6 Å². The van der Waals surface area contributed by atoms with Gasteiger partial charge in [0.2, 0.25) is 5.78 Å². The smallest absolute Gasteiger partial charge is 0.303 e. The summed E-state index contributed by atoms with van der Waals surface area (Å²) >= 11 is 7.30. The molecule has 0 aliphatic heterocycles. The van der Waals surface area contributed by atoms with Gasteiger partial charge in [-0.2, -0.15) is 0 Å². The molecule has 31 heavy (non-hydrogen) atoms. The molecule has 0 radical (unpaired) electrons. The van der Waals surface area contributed by atoms with Gasteiger partial charge in [-0.15, -0.1) is 11.6 Å². The SMILES string of the molecule is CC(=O)OCC(=O)[C@@]1(O)C(C)C[C@H]2[C@@H]3C=CC4=CC(=O)C=C[C@]4(C)[C@@]3(Cl)C(O)C[C@@]21C. The van der Waals surface area contributed by atoms with Crippen molar-refractivity contribution in [2.75, 3.05) is 6.61 Å². The van der Waals surface area contributed by atoms with Crippen molar-refractivity contribution in [1.82, 2.24) is 0 Å². The van der Waals surface area contributed by atoms with Gasteiger partial charge in [-0.1, -0.05) is 39.0 Å². The normalized spacial score (nSPS) is 47.8. The third kappa shape index (κ3) is 2.68. The number of allylic oxidation sites excluding steroid dienone is 6. The minimum atomic E-state index is -1.75. The molecule has 0 heterocycles. The Morgan fingerprint density at radius 1 is 1.29 bits per heavy atom. The molecule has 4 rings (SSSR count). The van der Waals surface area contributed by atoms with E-state index < -0.39 is 51.7 Å². The largest absolute Gasteiger partial charge is 0.458 e. The number of hydrogen-bond donors (Lipinski definition) is 2. The summed E-state index contributed by atoms with van der Waals surface area (Å²) in [5, 5.41) is 23.2. The summed E-state index contributed by atoms with van der Waals surface area (Å²) in [6.07, 6.45) is 8.22. The summed E-state index contributed by atoms with van der Waals surface area (Å²) in [6, 6.07) is 0. The zero-order valence-corrected chi connectivity index (χ0v) is 19.0. The fourth-order valence-corrected chi connectivity index (χ4v) is 7.36. The number of aliphatic hydroxyl groups excluding tert-OH is 1. The summed E-state index contributed by atoms with van der Waals surface area (Å²) < 4.78 is 4.90. The summed E-state index contributed by atoms with van der Waals surface area (Å²) in [4.78, 5) is 35.1. The highest BCUT2D eigenvalue weighted by Crippen LogP contribution is 2.70. The van der Waals surface area contributed by atoms with Crippen molar-refractivity contribution in [3.05, 3.63) is 36.0 Å². The number of aliphatic hydroxyl groups is 2. The molecule has 0 bridgehead atoms. The fourth-order valence-electron chi connectivity index (χ4n) is 6.88. The van der Waals surface area contributed by atoms with E-state index in [-0.39, 0.29) is 24.0 Å². The van der Waals surface area contributed by atoms with Gasteiger partial charge in [-0.25, -0.2) is 0 Å². The van der Waals surface area contributed by atoms with Crippen molar-refractivity contribution in [2.24, 2.45) is 28.6 Å². The first kappa shape index (κ1) is 22.4. The Morgan fingerprint density at radius 2 is 1.97 bits per heavy atom. The zero-order valence-electron chi connectivity index (χ0n) is 18.2. The average molecular weight is 449 g/mol. The van der Waals surface area contributed by atoms with Crippen LogP contribution in [0.25, 0.3) is 0 Å². The third-order valence-electron chi connectivity index (χ3n) is 8.62. The second-order valence-corrected chi connectivity index (χ2v) is 10.7. The molecular formula is C24H29ClO6. The van der Waals surface area contributed by atoms with E-state index in [1.807, 2.05) is 32.9 Å². The fraction of sp³-hybridized carbons (Fsp3) is 0.625. The third-order valence-corrected chi connectivity index (χ3v) is 9.52. The number of halogens is 1. The first-order valence-electron chi connectivity index (χ1n) is 10.7. The topological polar surface area (TPSA) is 101 Å². The molecule has 168 valence electrons. The molecule has 7 heteroatoms. The number of esters is 1. The molecule has 2 saturated carbocycles. The quantitative estimate of drug-likeness (QED) is 0.508. The lowest BCUT2D eigenvalue weighted by Crippen LogP contribution is -2.68. The van der Waals surface area contributed by atoms with Crippen LogP contribution in [0.3, 0.4) is 0 Å². The molecule has 0 saturated heterocycles. The molecular weight excluding hydrogens is 420 g/mol. The van der Waals surface area contributed by atoms with Crippen LogP contribution in [0.5, 0.6) is 0 Å². The Morgan fingerprint density at radius 3 is 2.61 bits per heavy atom. The molecule has 2 N–H and O–H groups in total. The number of carbonyl (C=O) groups is 3. The average Bonchev–Trinajstić information content (AvgIpc) is 2.89. The van der Waals surface area contributed by atoms with E-state index in [1.165, 1.54) is 13.0 Å². The van der Waals surface area contributed by atoms with E-state index in [0.717, 1.165) is 5.57 Å². The van der Waals surface area contributed by atoms with Gasteiger partial charge >= 0.3 is 5.97 Å². The summed E-state index contributed by atoms with van der Waals surface area (Å²) in [5.74, 6) is -2.18. The van der Waals surface area contributed by atoms with E-state index in [4.69, 9.17) is 16.3 Å². The van der Waals surface area contributed by atoms with Crippen LogP contribution in [0.1, 0.15) is 40.5 Å². The van der Waals surface area contributed by atoms with Crippen LogP contribution in [0.2, 0.25) is 0 Å². The molecule has 6 nitrogen and oxygen atoms in total. The molecule has 0 amide bonds. The van der Waals surface area contributed by atoms with Crippen LogP contribution < -0.4 is 0 Å². The van der Waals surface area contributed by atoms with Crippen LogP contribution in [-0.2, 0) is 19.1 Å². The summed E-state index contributed by atoms with van der Waals surface area (Å²) in [7, 11) is 0. The Hall–Kier alpha value is -1.76. The molecule has 0 spiro atoms. The van der Waals surface area contributed by atoms with Gasteiger partial charge in [0.25, 0.3) is 0 Å². The monoisotopic (exact) mass is 448 g/mol. The molecule has 8 atom stereocenters. The number of Topliss-reactive ketones (excluding diaryl/α,β-unsaturated/α-hetero) is 1. The zero-order chi connectivity index (χ0) is 23.0. The molecule has 2 fully saturated rings. The van der Waals surface area contributed by atoms with Gasteiger partial charge in [0.1, 0.15) is 5.60 Å². The Bertz CT molecular complexity index is 952. The van der Waals surface area contributed by atoms with Gasteiger partial charge < -0.3 is 14.9 Å². The Balaban J connectivity index is 1.80. The molecule has 0 aromatic heterocycles. The van der Waals surface area contributed by atoms with Gasteiger partial charge in [0, 0.05) is 23.7 Å². The second-order valence-electron chi connectivity index (χ2n) is 10.0. The first-order valence-corrected chi connectivity index (χ1v) is 11.1. The lowest BCUT2D eigenvalue weighted by atomic mass is 9.47. The van der Waals surface area contributed by atoms with Crippen LogP contribution in [-0.4, -0.2) is 50.9 Å². The highest BCUT2D eigenvalue weighted by molar-refractivity contribution is 6.26. The molecule has 4 aliphatic carbocycles. The van der Waals surface area contributed by atoms with Crippen molar-refractivity contribution in [2.45, 2.75) is 57.1 Å². The van der Waals surface area contributed by atoms with E-state index in [1.54, 1.807) is 12.2 Å². The Kier molecular flexibility index (Phi) is 4.97. The maximum Gasteiger partial charge on any atom is 0.303 e. The first-order chi connectivity index (χ1) is 14.3. The maximum absolute atomic E-state index is 13.1. The standard InChI is InChI=1S/C24H29ClO6/c1-13-9-18-17-6-5-15-10-16(27)7-8-21(15,3)23(17,25)19(28)11-22(18,4)24(13,30)20(29)12-31-14(2)26/h5-8,10,13,17-19,28,30H,9,11-12H2,1-4H3/t13?,17-,18-,19?,21-,22-,23-,24-/m0/s1. The van der Waals surface area contributed by atoms with E-state index in [2.05, 4.69) is 0 Å². The molecule has 4 aliphatic rings. The van der Waals surface area contributed by atoms with Crippen molar-refractivity contribution in [3.8, 4) is 0 Å². The number of hydrogen-bond acceptors (Lipinski definition) is 6. The van der Waals surface area contributed by atoms with E-state index in [9.17, 15) is 24.6 Å². The van der Waals surface area contributed by atoms with Crippen molar-refractivity contribution in [3.63, 3.8) is 0 Å². The number of ketones is 2. The van der Waals surface area contributed by atoms with Crippen LogP contribution >= 0.6 is 11.6 Å². The van der Waals surface area contributed by atoms with Gasteiger partial charge in [0.05, 0.1) is 11.0 Å². The van der Waals surface area contributed by atoms with E-state index in [0.29, 0.717) is 6.42 Å². The van der Waals surface area contributed by atoms with Gasteiger partial charge in [0.15, 0.2) is 12.4 Å². The number of carbonyl (C=O) groups excluding carboxylic acids is 3. The minimum Gasteiger partial charge on any atom is -0.458 e. The number of ether oxygens (including phenoxy) is 1. The maximum atomic E-state index is 13.1. The van der Waals surface area contributed by atoms with Crippen molar-refractivity contribution >= 4 is 29.1 Å². The molecule has 0 aromatic carbocycles. The second kappa shape index (κ2) is 6.87. The lowest BCUT2D eigenvalue weighted by Gasteiger charge is -2.62. The van der Waals surface area contributed by atoms with Crippen LogP contribution in [0.15, 0.2) is 36.0 Å². The Labute approximate surface area is 187 Å². The summed E-state index contributed by atoms with van der Waals surface area (Å²) in [6.45, 7) is 6.28. The lowest BCUT2D eigenvalue weighted by molar-refractivity contribution is -0.178. The number of alkyl halides is 1. The minimum absolute atomic E-state index is 0.114. The highest BCUT2D eigenvalue weighted by Gasteiger charge is 2.74. The van der Waals surface area contributed by atoms with E-state index >= 15 is 0 Å². The number of fused-ring (bicyclic) bond motifs is 5. The van der Waals surface area contributed by atoms with Crippen molar-refractivity contribution < 1.29 is 29.3 Å². The van der Waals surface area contributed by atoms with Gasteiger partial charge in [-0.3, -0.25) is 14.4 Å². The van der Waals surface area contributed by atoms with Gasteiger partial charge in [-0.05, 0) is 42.4 Å². The predicted molar refractivity (Wildman–Crippen MR) is 114 cm³/mol. The summed E-state index contributed by atoms with van der Waals surface area (Å²) in [5.41, 5.74) is -2.73.